The zero-order valence-corrected chi connectivity index (χ0v) is 15.0. The molecule has 1 fully saturated rings. The number of benzene rings is 2. The molecule has 25 heavy (non-hydrogen) atoms. The zero-order valence-electron chi connectivity index (χ0n) is 13.5. The molecule has 0 unspecified atom stereocenters. The molecule has 0 aromatic heterocycles. The summed E-state index contributed by atoms with van der Waals surface area (Å²) in [5, 5.41) is 0.558. The first-order valence-electron chi connectivity index (χ1n) is 8.03. The molecule has 134 valence electrons. The molecule has 0 amide bonds. The Balaban J connectivity index is 1.74. The van der Waals surface area contributed by atoms with E-state index >= 15 is 0 Å². The molecule has 3 nitrogen and oxygen atoms in total. The first-order chi connectivity index (χ1) is 11.8. The van der Waals surface area contributed by atoms with Crippen molar-refractivity contribution in [2.75, 3.05) is 5.75 Å². The molecule has 0 radical (unpaired) electrons. The van der Waals surface area contributed by atoms with Crippen molar-refractivity contribution in [2.24, 2.45) is 0 Å². The predicted molar refractivity (Wildman–Crippen MR) is 93.9 cm³/mol. The second kappa shape index (κ2) is 7.40. The SMILES string of the molecule is O=S(=O)(CCc1cccc(Cl)c1)N(Cc1ccc(F)cc1F)C1CC1. The molecule has 1 saturated carbocycles. The van der Waals surface area contributed by atoms with Crippen LogP contribution in [0.2, 0.25) is 5.02 Å². The third kappa shape index (κ3) is 4.77. The molecule has 1 aliphatic rings. The van der Waals surface area contributed by atoms with Crippen LogP contribution in [0.3, 0.4) is 0 Å². The summed E-state index contributed by atoms with van der Waals surface area (Å²) in [5.41, 5.74) is 1.01. The lowest BCUT2D eigenvalue weighted by atomic mass is 10.2. The fourth-order valence-electron chi connectivity index (χ4n) is 2.69. The maximum Gasteiger partial charge on any atom is 0.214 e. The highest BCUT2D eigenvalue weighted by atomic mass is 35.5. The second-order valence-corrected chi connectivity index (χ2v) is 8.69. The van der Waals surface area contributed by atoms with Crippen molar-refractivity contribution in [3.8, 4) is 0 Å². The van der Waals surface area contributed by atoms with Gasteiger partial charge in [0.05, 0.1) is 5.75 Å². The maximum atomic E-state index is 13.9. The highest BCUT2D eigenvalue weighted by Gasteiger charge is 2.37. The lowest BCUT2D eigenvalue weighted by molar-refractivity contribution is 0.391. The van der Waals surface area contributed by atoms with E-state index in [4.69, 9.17) is 11.6 Å². The quantitative estimate of drug-likeness (QED) is 0.717. The van der Waals surface area contributed by atoms with Crippen LogP contribution >= 0.6 is 11.6 Å². The van der Waals surface area contributed by atoms with Crippen LogP contribution in [0.15, 0.2) is 42.5 Å². The van der Waals surface area contributed by atoms with Gasteiger partial charge in [-0.15, -0.1) is 0 Å². The van der Waals surface area contributed by atoms with Gasteiger partial charge in [-0.05, 0) is 43.0 Å². The van der Waals surface area contributed by atoms with Crippen LogP contribution in [0.25, 0.3) is 0 Å². The van der Waals surface area contributed by atoms with Gasteiger partial charge in [-0.3, -0.25) is 0 Å². The first kappa shape index (κ1) is 18.3. The summed E-state index contributed by atoms with van der Waals surface area (Å²) < 4.78 is 53.8. The monoisotopic (exact) mass is 385 g/mol. The van der Waals surface area contributed by atoms with Crippen molar-refractivity contribution in [3.05, 3.63) is 70.2 Å². The van der Waals surface area contributed by atoms with Crippen molar-refractivity contribution < 1.29 is 17.2 Å². The Morgan fingerprint density at radius 1 is 1.12 bits per heavy atom. The Kier molecular flexibility index (Phi) is 5.41. The fraction of sp³-hybridized carbons (Fsp3) is 0.333. The van der Waals surface area contributed by atoms with Crippen molar-refractivity contribution in [1.82, 2.24) is 4.31 Å². The van der Waals surface area contributed by atoms with Crippen molar-refractivity contribution in [3.63, 3.8) is 0 Å². The van der Waals surface area contributed by atoms with Gasteiger partial charge in [0.25, 0.3) is 0 Å². The van der Waals surface area contributed by atoms with Gasteiger partial charge in [0, 0.05) is 29.2 Å². The number of sulfonamides is 1. The second-order valence-electron chi connectivity index (χ2n) is 6.21. The fourth-order valence-corrected chi connectivity index (χ4v) is 4.63. The topological polar surface area (TPSA) is 37.4 Å². The molecule has 0 atom stereocenters. The molecule has 0 bridgehead atoms. The van der Waals surface area contributed by atoms with Gasteiger partial charge in [0.1, 0.15) is 11.6 Å². The Morgan fingerprint density at radius 3 is 2.52 bits per heavy atom. The molecule has 1 aliphatic carbocycles. The van der Waals surface area contributed by atoms with Crippen LogP contribution in [-0.2, 0) is 23.0 Å². The number of halogens is 3. The van der Waals surface area contributed by atoms with Gasteiger partial charge in [-0.1, -0.05) is 29.8 Å². The molecule has 0 aliphatic heterocycles. The molecule has 2 aromatic rings. The Bertz CT molecular complexity index is 869. The van der Waals surface area contributed by atoms with Gasteiger partial charge < -0.3 is 0 Å². The highest BCUT2D eigenvalue weighted by molar-refractivity contribution is 7.89. The molecule has 0 heterocycles. The largest absolute Gasteiger partial charge is 0.214 e. The van der Waals surface area contributed by atoms with E-state index in [0.29, 0.717) is 11.4 Å². The van der Waals surface area contributed by atoms with Gasteiger partial charge in [-0.25, -0.2) is 17.2 Å². The molecule has 3 rings (SSSR count). The van der Waals surface area contributed by atoms with Gasteiger partial charge in [-0.2, -0.15) is 4.31 Å². The summed E-state index contributed by atoms with van der Waals surface area (Å²) in [6, 6.07) is 10.2. The third-order valence-electron chi connectivity index (χ3n) is 4.19. The van der Waals surface area contributed by atoms with E-state index in [1.54, 1.807) is 18.2 Å². The number of rotatable bonds is 7. The molecular formula is C18H18ClF2NO2S. The summed E-state index contributed by atoms with van der Waals surface area (Å²) in [7, 11) is -3.57. The number of nitrogens with zero attached hydrogens (tertiary/aromatic N) is 1. The molecule has 7 heteroatoms. The van der Waals surface area contributed by atoms with Gasteiger partial charge >= 0.3 is 0 Å². The van der Waals surface area contributed by atoms with E-state index in [-0.39, 0.29) is 23.9 Å². The molecular weight excluding hydrogens is 368 g/mol. The lowest BCUT2D eigenvalue weighted by Crippen LogP contribution is -2.35. The average molecular weight is 386 g/mol. The smallest absolute Gasteiger partial charge is 0.212 e. The Hall–Kier alpha value is -1.50. The van der Waals surface area contributed by atoms with Crippen molar-refractivity contribution in [1.29, 1.82) is 0 Å². The van der Waals surface area contributed by atoms with Crippen LogP contribution in [0.5, 0.6) is 0 Å². The molecule has 0 spiro atoms. The van der Waals surface area contributed by atoms with Gasteiger partial charge in [0.2, 0.25) is 10.0 Å². The summed E-state index contributed by atoms with van der Waals surface area (Å²) in [6.07, 6.45) is 1.86. The van der Waals surface area contributed by atoms with E-state index < -0.39 is 21.7 Å². The molecule has 0 N–H and O–H groups in total. The van der Waals surface area contributed by atoms with E-state index in [2.05, 4.69) is 0 Å². The minimum atomic E-state index is -3.57. The lowest BCUT2D eigenvalue weighted by Gasteiger charge is -2.22. The standard InChI is InChI=1S/C18H18ClF2NO2S/c19-15-3-1-2-13(10-15)8-9-25(23,24)22(17-6-7-17)12-14-4-5-16(20)11-18(14)21/h1-5,10-11,17H,6-9,12H2. The normalized spacial score (nSPS) is 14.9. The maximum absolute atomic E-state index is 13.9. The number of hydrogen-bond donors (Lipinski definition) is 0. The minimum Gasteiger partial charge on any atom is -0.212 e. The first-order valence-corrected chi connectivity index (χ1v) is 10.0. The molecule has 2 aromatic carbocycles. The van der Waals surface area contributed by atoms with Crippen LogP contribution in [0.4, 0.5) is 8.78 Å². The Labute approximate surface area is 151 Å². The van der Waals surface area contributed by atoms with Crippen LogP contribution in [-0.4, -0.2) is 24.5 Å². The summed E-state index contributed by atoms with van der Waals surface area (Å²) in [5.74, 6) is -1.48. The van der Waals surface area contributed by atoms with Gasteiger partial charge in [0.15, 0.2) is 0 Å². The third-order valence-corrected chi connectivity index (χ3v) is 6.29. The summed E-state index contributed by atoms with van der Waals surface area (Å²) in [6.45, 7) is -0.0747. The van der Waals surface area contributed by atoms with E-state index in [1.807, 2.05) is 6.07 Å². The van der Waals surface area contributed by atoms with Crippen LogP contribution < -0.4 is 0 Å². The van der Waals surface area contributed by atoms with Crippen molar-refractivity contribution >= 4 is 21.6 Å². The summed E-state index contributed by atoms with van der Waals surface area (Å²) >= 11 is 5.92. The van der Waals surface area contributed by atoms with E-state index in [0.717, 1.165) is 30.5 Å². The zero-order chi connectivity index (χ0) is 18.0. The summed E-state index contributed by atoms with van der Waals surface area (Å²) in [4.78, 5) is 0. The highest BCUT2D eigenvalue weighted by Crippen LogP contribution is 2.32. The Morgan fingerprint density at radius 2 is 1.88 bits per heavy atom. The van der Waals surface area contributed by atoms with Crippen molar-refractivity contribution in [2.45, 2.75) is 31.8 Å². The minimum absolute atomic E-state index is 0.0747. The predicted octanol–water partition coefficient (Wildman–Crippen LogP) is 4.16. The van der Waals surface area contributed by atoms with E-state index in [9.17, 15) is 17.2 Å². The van der Waals surface area contributed by atoms with Crippen LogP contribution in [0, 0.1) is 11.6 Å². The number of aryl methyl sites for hydroxylation is 1. The molecule has 0 saturated heterocycles. The van der Waals surface area contributed by atoms with E-state index in [1.165, 1.54) is 10.4 Å². The number of hydrogen-bond acceptors (Lipinski definition) is 2. The average Bonchev–Trinajstić information content (AvgIpc) is 3.37. The van der Waals surface area contributed by atoms with Crippen LogP contribution in [0.1, 0.15) is 24.0 Å².